The molecule has 1 fully saturated rings. The number of rotatable bonds is 0. The summed E-state index contributed by atoms with van der Waals surface area (Å²) in [6.07, 6.45) is 3.72. The van der Waals surface area contributed by atoms with Gasteiger partial charge in [0.25, 0.3) is 5.91 Å². The third-order valence-corrected chi connectivity index (χ3v) is 1.82. The summed E-state index contributed by atoms with van der Waals surface area (Å²) in [6, 6.07) is -0.315. The molecular weight excluding hydrogens is 130 g/mol. The van der Waals surface area contributed by atoms with Gasteiger partial charge in [0.05, 0.1) is 0 Å². The molecule has 0 radical (unpaired) electrons. The van der Waals surface area contributed by atoms with Crippen molar-refractivity contribution in [1.82, 2.24) is 10.0 Å². The Kier molecular flexibility index (Phi) is 1.06. The van der Waals surface area contributed by atoms with Crippen molar-refractivity contribution in [3.05, 3.63) is 12.3 Å². The summed E-state index contributed by atoms with van der Waals surface area (Å²) < 4.78 is 0. The number of hydrazine groups is 1. The van der Waals surface area contributed by atoms with Crippen LogP contribution in [0.25, 0.3) is 0 Å². The Labute approximate surface area is 58.9 Å². The lowest BCUT2D eigenvalue weighted by Gasteiger charge is -2.15. The highest BCUT2D eigenvalue weighted by molar-refractivity contribution is 5.84. The first-order valence-corrected chi connectivity index (χ1v) is 3.29. The van der Waals surface area contributed by atoms with Gasteiger partial charge < -0.3 is 5.73 Å². The second-order valence-electron chi connectivity index (χ2n) is 2.55. The van der Waals surface area contributed by atoms with E-state index in [2.05, 4.69) is 0 Å². The van der Waals surface area contributed by atoms with Crippen LogP contribution in [-0.4, -0.2) is 35.1 Å². The van der Waals surface area contributed by atoms with E-state index in [-0.39, 0.29) is 11.9 Å². The molecule has 0 aliphatic carbocycles. The van der Waals surface area contributed by atoms with Gasteiger partial charge in [-0.3, -0.25) is 4.79 Å². The topological polar surface area (TPSA) is 49.6 Å². The summed E-state index contributed by atoms with van der Waals surface area (Å²) in [6.45, 7) is 1.48. The molecule has 0 saturated carbocycles. The van der Waals surface area contributed by atoms with Gasteiger partial charge in [0, 0.05) is 19.3 Å². The molecule has 10 heavy (non-hydrogen) atoms. The summed E-state index contributed by atoms with van der Waals surface area (Å²) in [5, 5.41) is 3.51. The van der Waals surface area contributed by atoms with E-state index in [1.165, 1.54) is 0 Å². The van der Waals surface area contributed by atoms with Gasteiger partial charge in [0.15, 0.2) is 0 Å². The fourth-order valence-electron chi connectivity index (χ4n) is 1.30. The minimum atomic E-state index is -0.315. The Morgan fingerprint density at radius 3 is 3.20 bits per heavy atom. The maximum atomic E-state index is 11.1. The van der Waals surface area contributed by atoms with Gasteiger partial charge in [-0.05, 0) is 0 Å². The first kappa shape index (κ1) is 5.88. The highest BCUT2D eigenvalue weighted by Gasteiger charge is 2.35. The smallest absolute Gasteiger partial charge is 0.259 e. The molecule has 0 spiro atoms. The Morgan fingerprint density at radius 2 is 2.50 bits per heavy atom. The fourth-order valence-corrected chi connectivity index (χ4v) is 1.30. The number of carbonyl (C=O) groups excluding carboxylic acids is 1. The van der Waals surface area contributed by atoms with E-state index >= 15 is 0 Å². The normalized spacial score (nSPS) is 31.9. The fraction of sp³-hybridized carbons (Fsp3) is 0.500. The Balaban J connectivity index is 2.23. The summed E-state index contributed by atoms with van der Waals surface area (Å²) >= 11 is 0. The van der Waals surface area contributed by atoms with Crippen LogP contribution in [0.2, 0.25) is 0 Å². The van der Waals surface area contributed by atoms with E-state index in [0.29, 0.717) is 6.54 Å². The number of carbonyl (C=O) groups is 1. The molecule has 4 nitrogen and oxygen atoms in total. The molecule has 0 bridgehead atoms. The quantitative estimate of drug-likeness (QED) is 0.463. The largest absolute Gasteiger partial charge is 0.319 e. The zero-order valence-electron chi connectivity index (χ0n) is 5.53. The molecule has 0 aromatic rings. The minimum absolute atomic E-state index is 0.00810. The lowest BCUT2D eigenvalue weighted by Crippen LogP contribution is -2.32. The third-order valence-electron chi connectivity index (χ3n) is 1.82. The first-order valence-electron chi connectivity index (χ1n) is 3.29. The zero-order chi connectivity index (χ0) is 7.14. The molecule has 1 saturated heterocycles. The van der Waals surface area contributed by atoms with Gasteiger partial charge in [-0.2, -0.15) is 0 Å². The van der Waals surface area contributed by atoms with E-state index in [0.717, 1.165) is 6.54 Å². The van der Waals surface area contributed by atoms with Crippen molar-refractivity contribution in [1.29, 1.82) is 0 Å². The summed E-state index contributed by atoms with van der Waals surface area (Å²) in [5.74, 6) is 0.00810. The molecule has 2 heterocycles. The maximum Gasteiger partial charge on any atom is 0.259 e. The molecule has 2 aliphatic rings. The van der Waals surface area contributed by atoms with Crippen molar-refractivity contribution in [3.63, 3.8) is 0 Å². The van der Waals surface area contributed by atoms with Crippen LogP contribution in [0.4, 0.5) is 0 Å². The monoisotopic (exact) mass is 139 g/mol. The zero-order valence-corrected chi connectivity index (χ0v) is 5.53. The predicted octanol–water partition coefficient (Wildman–Crippen LogP) is -1.10. The van der Waals surface area contributed by atoms with Gasteiger partial charge in [0.1, 0.15) is 6.04 Å². The van der Waals surface area contributed by atoms with E-state index in [1.807, 2.05) is 11.1 Å². The summed E-state index contributed by atoms with van der Waals surface area (Å²) in [5.41, 5.74) is 5.50. The van der Waals surface area contributed by atoms with Crippen LogP contribution < -0.4 is 5.73 Å². The van der Waals surface area contributed by atoms with Crippen molar-refractivity contribution in [2.24, 2.45) is 5.73 Å². The standard InChI is InChI=1S/C6H9N3O/c7-5-4-8-2-1-3-9(8)6(5)10/h1,3,5H,2,4,7H2. The Bertz CT molecular complexity index is 201. The van der Waals surface area contributed by atoms with Gasteiger partial charge in [0.2, 0.25) is 0 Å². The van der Waals surface area contributed by atoms with Gasteiger partial charge in [-0.25, -0.2) is 10.0 Å². The van der Waals surface area contributed by atoms with E-state index in [1.54, 1.807) is 11.2 Å². The molecule has 2 N–H and O–H groups in total. The van der Waals surface area contributed by atoms with Gasteiger partial charge >= 0.3 is 0 Å². The van der Waals surface area contributed by atoms with Crippen molar-refractivity contribution < 1.29 is 4.79 Å². The lowest BCUT2D eigenvalue weighted by atomic mass is 10.3. The van der Waals surface area contributed by atoms with Crippen molar-refractivity contribution in [3.8, 4) is 0 Å². The van der Waals surface area contributed by atoms with Crippen LogP contribution in [0.5, 0.6) is 0 Å². The van der Waals surface area contributed by atoms with Crippen LogP contribution in [0.15, 0.2) is 12.3 Å². The first-order chi connectivity index (χ1) is 4.79. The maximum absolute atomic E-state index is 11.1. The van der Waals surface area contributed by atoms with Crippen LogP contribution in [-0.2, 0) is 4.79 Å². The number of hydrogen-bond donors (Lipinski definition) is 1. The van der Waals surface area contributed by atoms with Crippen molar-refractivity contribution in [2.45, 2.75) is 6.04 Å². The Morgan fingerprint density at radius 1 is 1.70 bits per heavy atom. The van der Waals surface area contributed by atoms with Crippen LogP contribution >= 0.6 is 0 Å². The van der Waals surface area contributed by atoms with Gasteiger partial charge in [-0.15, -0.1) is 0 Å². The molecular formula is C6H9N3O. The number of hydrogen-bond acceptors (Lipinski definition) is 3. The molecule has 2 rings (SSSR count). The lowest BCUT2D eigenvalue weighted by molar-refractivity contribution is -0.132. The van der Waals surface area contributed by atoms with E-state index in [9.17, 15) is 4.79 Å². The minimum Gasteiger partial charge on any atom is -0.319 e. The molecule has 1 amide bonds. The number of amides is 1. The van der Waals surface area contributed by atoms with Gasteiger partial charge in [-0.1, -0.05) is 6.08 Å². The van der Waals surface area contributed by atoms with E-state index < -0.39 is 0 Å². The average molecular weight is 139 g/mol. The van der Waals surface area contributed by atoms with E-state index in [4.69, 9.17) is 5.73 Å². The van der Waals surface area contributed by atoms with Crippen molar-refractivity contribution >= 4 is 5.91 Å². The van der Waals surface area contributed by atoms with Crippen molar-refractivity contribution in [2.75, 3.05) is 13.1 Å². The second kappa shape index (κ2) is 1.81. The molecule has 54 valence electrons. The second-order valence-corrected chi connectivity index (χ2v) is 2.55. The summed E-state index contributed by atoms with van der Waals surface area (Å²) in [7, 11) is 0. The van der Waals surface area contributed by atoms with Crippen LogP contribution in [0.3, 0.4) is 0 Å². The molecule has 0 aromatic carbocycles. The highest BCUT2D eigenvalue weighted by Crippen LogP contribution is 2.15. The number of fused-ring (bicyclic) bond motifs is 1. The van der Waals surface area contributed by atoms with Crippen LogP contribution in [0.1, 0.15) is 0 Å². The average Bonchev–Trinajstić information content (AvgIpc) is 2.41. The molecule has 1 atom stereocenters. The van der Waals surface area contributed by atoms with Crippen LogP contribution in [0, 0.1) is 0 Å². The third kappa shape index (κ3) is 0.600. The SMILES string of the molecule is NC1CN2CC=CN2C1=O. The Hall–Kier alpha value is -0.870. The molecule has 2 aliphatic heterocycles. The summed E-state index contributed by atoms with van der Waals surface area (Å²) in [4.78, 5) is 11.1. The molecule has 0 aromatic heterocycles. The highest BCUT2D eigenvalue weighted by atomic mass is 16.2. The predicted molar refractivity (Wildman–Crippen MR) is 35.5 cm³/mol. The molecule has 1 unspecified atom stereocenters. The number of nitrogens with two attached hydrogens (primary N) is 1. The number of nitrogens with zero attached hydrogens (tertiary/aromatic N) is 2. The molecule has 4 heteroatoms.